The van der Waals surface area contributed by atoms with E-state index in [1.165, 1.54) is 20.1 Å². The van der Waals surface area contributed by atoms with Crippen LogP contribution in [0.5, 0.6) is 5.75 Å². The van der Waals surface area contributed by atoms with Crippen molar-refractivity contribution in [3.8, 4) is 5.75 Å². The van der Waals surface area contributed by atoms with Crippen LogP contribution in [0, 0.1) is 16.0 Å². The van der Waals surface area contributed by atoms with Gasteiger partial charge in [-0.2, -0.15) is 0 Å². The number of nitro benzene ring substituents is 1. The molecule has 0 heterocycles. The molecule has 0 aliphatic heterocycles. The second-order valence-electron chi connectivity index (χ2n) is 3.67. The minimum atomic E-state index is -0.984. The van der Waals surface area contributed by atoms with E-state index in [0.29, 0.717) is 5.56 Å². The van der Waals surface area contributed by atoms with Crippen molar-refractivity contribution in [3.05, 3.63) is 33.9 Å². The Labute approximate surface area is 98.0 Å². The summed E-state index contributed by atoms with van der Waals surface area (Å²) < 4.78 is 4.90. The molecule has 0 saturated carbocycles. The van der Waals surface area contributed by atoms with E-state index in [0.717, 1.165) is 0 Å². The first-order chi connectivity index (χ1) is 7.97. The number of para-hydroxylation sites is 1. The van der Waals surface area contributed by atoms with Gasteiger partial charge in [-0.1, -0.05) is 19.1 Å². The summed E-state index contributed by atoms with van der Waals surface area (Å²) in [5.41, 5.74) is 0.201. The first-order valence-electron chi connectivity index (χ1n) is 5.00. The minimum absolute atomic E-state index is 0.100. The summed E-state index contributed by atoms with van der Waals surface area (Å²) in [6, 6.07) is 4.63. The molecule has 0 radical (unpaired) electrons. The smallest absolute Gasteiger partial charge is 0.314 e. The van der Waals surface area contributed by atoms with Gasteiger partial charge in [0, 0.05) is 5.56 Å². The fourth-order valence-electron chi connectivity index (χ4n) is 1.52. The fraction of sp³-hybridized carbons (Fsp3) is 0.364. The van der Waals surface area contributed by atoms with E-state index in [1.807, 2.05) is 0 Å². The normalized spacial score (nSPS) is 11.9. The lowest BCUT2D eigenvalue weighted by atomic mass is 9.99. The third kappa shape index (κ3) is 2.93. The van der Waals surface area contributed by atoms with Crippen molar-refractivity contribution >= 4 is 11.7 Å². The summed E-state index contributed by atoms with van der Waals surface area (Å²) in [6.45, 7) is 1.51. The van der Waals surface area contributed by atoms with Gasteiger partial charge >= 0.3 is 11.7 Å². The standard InChI is InChI=1S/C11H13NO5/c1-7(11(13)14)6-8-4-3-5-9(17-2)10(8)12(15)16/h3-5,7H,6H2,1-2H3,(H,13,14). The molecule has 1 aromatic rings. The highest BCUT2D eigenvalue weighted by atomic mass is 16.6. The molecule has 1 atom stereocenters. The average molecular weight is 239 g/mol. The van der Waals surface area contributed by atoms with Crippen molar-refractivity contribution in [3.63, 3.8) is 0 Å². The van der Waals surface area contributed by atoms with Crippen LogP contribution in [0.3, 0.4) is 0 Å². The van der Waals surface area contributed by atoms with Gasteiger partial charge < -0.3 is 9.84 Å². The molecule has 0 fully saturated rings. The van der Waals surface area contributed by atoms with E-state index in [2.05, 4.69) is 0 Å². The van der Waals surface area contributed by atoms with Crippen molar-refractivity contribution in [1.82, 2.24) is 0 Å². The van der Waals surface area contributed by atoms with Gasteiger partial charge in [-0.25, -0.2) is 0 Å². The van der Waals surface area contributed by atoms with Gasteiger partial charge in [-0.3, -0.25) is 14.9 Å². The second-order valence-corrected chi connectivity index (χ2v) is 3.67. The van der Waals surface area contributed by atoms with Crippen molar-refractivity contribution in [1.29, 1.82) is 0 Å². The van der Waals surface area contributed by atoms with Crippen molar-refractivity contribution in [2.24, 2.45) is 5.92 Å². The van der Waals surface area contributed by atoms with E-state index in [-0.39, 0.29) is 17.9 Å². The largest absolute Gasteiger partial charge is 0.490 e. The first kappa shape index (κ1) is 13.0. The van der Waals surface area contributed by atoms with Gasteiger partial charge in [-0.15, -0.1) is 0 Å². The number of nitrogens with zero attached hydrogens (tertiary/aromatic N) is 1. The van der Waals surface area contributed by atoms with Crippen LogP contribution in [-0.4, -0.2) is 23.1 Å². The molecular formula is C11H13NO5. The fourth-order valence-corrected chi connectivity index (χ4v) is 1.52. The molecule has 92 valence electrons. The van der Waals surface area contributed by atoms with E-state index >= 15 is 0 Å². The van der Waals surface area contributed by atoms with E-state index in [1.54, 1.807) is 12.1 Å². The lowest BCUT2D eigenvalue weighted by molar-refractivity contribution is -0.386. The molecule has 0 bridgehead atoms. The number of methoxy groups -OCH3 is 1. The zero-order chi connectivity index (χ0) is 13.0. The molecule has 0 amide bonds. The Morgan fingerprint density at radius 1 is 1.59 bits per heavy atom. The number of ether oxygens (including phenoxy) is 1. The zero-order valence-corrected chi connectivity index (χ0v) is 9.54. The highest BCUT2D eigenvalue weighted by Gasteiger charge is 2.23. The third-order valence-electron chi connectivity index (χ3n) is 2.43. The Morgan fingerprint density at radius 3 is 2.71 bits per heavy atom. The molecule has 0 aromatic heterocycles. The highest BCUT2D eigenvalue weighted by Crippen LogP contribution is 2.31. The van der Waals surface area contributed by atoms with E-state index < -0.39 is 16.8 Å². The number of hydrogen-bond donors (Lipinski definition) is 1. The number of benzene rings is 1. The van der Waals surface area contributed by atoms with E-state index in [9.17, 15) is 14.9 Å². The summed E-state index contributed by atoms with van der Waals surface area (Å²) in [4.78, 5) is 21.1. The molecule has 17 heavy (non-hydrogen) atoms. The number of carboxylic acids is 1. The lowest BCUT2D eigenvalue weighted by Gasteiger charge is -2.09. The molecule has 0 saturated heterocycles. The highest BCUT2D eigenvalue weighted by molar-refractivity contribution is 5.70. The molecule has 0 aliphatic carbocycles. The summed E-state index contributed by atoms with van der Waals surface area (Å²) in [5, 5.41) is 19.7. The van der Waals surface area contributed by atoms with E-state index in [4.69, 9.17) is 9.84 Å². The van der Waals surface area contributed by atoms with Gasteiger partial charge in [0.1, 0.15) is 0 Å². The maximum absolute atomic E-state index is 10.9. The SMILES string of the molecule is COc1cccc(CC(C)C(=O)O)c1[N+](=O)[O-]. The van der Waals surface area contributed by atoms with Crippen LogP contribution < -0.4 is 4.74 Å². The van der Waals surface area contributed by atoms with Gasteiger partial charge in [0.15, 0.2) is 5.75 Å². The summed E-state index contributed by atoms with van der Waals surface area (Å²) in [7, 11) is 1.34. The van der Waals surface area contributed by atoms with Crippen LogP contribution in [0.4, 0.5) is 5.69 Å². The summed E-state index contributed by atoms with van der Waals surface area (Å²) in [6.07, 6.45) is 0.100. The van der Waals surface area contributed by atoms with Crippen LogP contribution in [0.25, 0.3) is 0 Å². The Bertz CT molecular complexity index is 443. The first-order valence-corrected chi connectivity index (χ1v) is 5.00. The van der Waals surface area contributed by atoms with Crippen LogP contribution >= 0.6 is 0 Å². The zero-order valence-electron chi connectivity index (χ0n) is 9.54. The Balaban J connectivity index is 3.14. The molecular weight excluding hydrogens is 226 g/mol. The number of aliphatic carboxylic acids is 1. The predicted octanol–water partition coefficient (Wildman–Crippen LogP) is 1.87. The van der Waals surface area contributed by atoms with Crippen LogP contribution in [-0.2, 0) is 11.2 Å². The number of carbonyl (C=O) groups is 1. The topological polar surface area (TPSA) is 89.7 Å². The maximum Gasteiger partial charge on any atom is 0.314 e. The van der Waals surface area contributed by atoms with Crippen LogP contribution in [0.2, 0.25) is 0 Å². The number of hydrogen-bond acceptors (Lipinski definition) is 4. The van der Waals surface area contributed by atoms with Gasteiger partial charge in [0.25, 0.3) is 0 Å². The van der Waals surface area contributed by atoms with Gasteiger partial charge in [0.2, 0.25) is 0 Å². The molecule has 0 spiro atoms. The quantitative estimate of drug-likeness (QED) is 0.625. The summed E-state index contributed by atoms with van der Waals surface area (Å²) >= 11 is 0. The molecule has 6 heteroatoms. The van der Waals surface area contributed by atoms with Gasteiger partial charge in [0.05, 0.1) is 18.0 Å². The number of nitro groups is 1. The molecule has 1 N–H and O–H groups in total. The van der Waals surface area contributed by atoms with Crippen LogP contribution in [0.1, 0.15) is 12.5 Å². The maximum atomic E-state index is 10.9. The molecule has 1 rings (SSSR count). The Hall–Kier alpha value is -2.11. The number of carboxylic acid groups (broad SMARTS) is 1. The Morgan fingerprint density at radius 2 is 2.24 bits per heavy atom. The third-order valence-corrected chi connectivity index (χ3v) is 2.43. The molecule has 1 aromatic carbocycles. The average Bonchev–Trinajstić information content (AvgIpc) is 2.27. The van der Waals surface area contributed by atoms with Crippen molar-refractivity contribution < 1.29 is 19.6 Å². The van der Waals surface area contributed by atoms with Gasteiger partial charge in [-0.05, 0) is 12.5 Å². The molecule has 0 aliphatic rings. The summed E-state index contributed by atoms with van der Waals surface area (Å²) in [5.74, 6) is -1.52. The predicted molar refractivity (Wildman–Crippen MR) is 60.2 cm³/mol. The monoisotopic (exact) mass is 239 g/mol. The second kappa shape index (κ2) is 5.29. The molecule has 1 unspecified atom stereocenters. The number of rotatable bonds is 5. The van der Waals surface area contributed by atoms with Crippen molar-refractivity contribution in [2.75, 3.05) is 7.11 Å². The lowest BCUT2D eigenvalue weighted by Crippen LogP contribution is -2.13. The Kier molecular flexibility index (Phi) is 4.03. The van der Waals surface area contributed by atoms with Crippen molar-refractivity contribution in [2.45, 2.75) is 13.3 Å². The van der Waals surface area contributed by atoms with Crippen LogP contribution in [0.15, 0.2) is 18.2 Å². The molecule has 6 nitrogen and oxygen atoms in total. The minimum Gasteiger partial charge on any atom is -0.490 e.